The number of nitrogens with zero attached hydrogens (tertiary/aromatic N) is 1. The summed E-state index contributed by atoms with van der Waals surface area (Å²) in [5, 5.41) is 2.90. The van der Waals surface area contributed by atoms with Gasteiger partial charge in [0.1, 0.15) is 13.2 Å². The lowest BCUT2D eigenvalue weighted by atomic mass is 10.1. The second-order valence-electron chi connectivity index (χ2n) is 7.13. The number of amides is 1. The molecule has 1 aliphatic rings. The molecule has 3 rings (SSSR count). The van der Waals surface area contributed by atoms with Crippen LogP contribution in [-0.4, -0.2) is 40.3 Å². The van der Waals surface area contributed by atoms with Gasteiger partial charge in [-0.25, -0.2) is 8.42 Å². The molecule has 1 aliphatic heterocycles. The maximum absolute atomic E-state index is 12.3. The third-order valence-corrected chi connectivity index (χ3v) is 5.84. The Morgan fingerprint density at radius 3 is 2.52 bits per heavy atom. The van der Waals surface area contributed by atoms with E-state index in [1.165, 1.54) is 4.31 Å². The van der Waals surface area contributed by atoms with E-state index >= 15 is 0 Å². The summed E-state index contributed by atoms with van der Waals surface area (Å²) < 4.78 is 36.9. The molecule has 0 fully saturated rings. The monoisotopic (exact) mass is 418 g/mol. The summed E-state index contributed by atoms with van der Waals surface area (Å²) in [6, 6.07) is 10.9. The van der Waals surface area contributed by atoms with E-state index in [2.05, 4.69) is 5.32 Å². The van der Waals surface area contributed by atoms with Crippen LogP contribution in [0.3, 0.4) is 0 Å². The molecule has 2 aromatic rings. The summed E-state index contributed by atoms with van der Waals surface area (Å²) in [6.07, 6.45) is 1.75. The largest absolute Gasteiger partial charge is 0.486 e. The van der Waals surface area contributed by atoms with Gasteiger partial charge in [0.25, 0.3) is 0 Å². The molecule has 156 valence electrons. The molecule has 0 aromatic heterocycles. The highest BCUT2D eigenvalue weighted by Crippen LogP contribution is 2.34. The highest BCUT2D eigenvalue weighted by atomic mass is 32.2. The quantitative estimate of drug-likeness (QED) is 0.746. The van der Waals surface area contributed by atoms with Crippen LogP contribution in [0.25, 0.3) is 0 Å². The van der Waals surface area contributed by atoms with Crippen LogP contribution in [-0.2, 0) is 14.8 Å². The number of carbonyl (C=O) groups is 1. The topological polar surface area (TPSA) is 84.9 Å². The van der Waals surface area contributed by atoms with Crippen molar-refractivity contribution in [2.75, 3.05) is 35.6 Å². The highest BCUT2D eigenvalue weighted by Gasteiger charge is 2.21. The van der Waals surface area contributed by atoms with E-state index in [0.29, 0.717) is 36.8 Å². The van der Waals surface area contributed by atoms with Crippen molar-refractivity contribution in [2.24, 2.45) is 0 Å². The molecule has 0 aliphatic carbocycles. The average Bonchev–Trinajstić information content (AvgIpc) is 2.67. The fourth-order valence-corrected chi connectivity index (χ4v) is 4.10. The lowest BCUT2D eigenvalue weighted by molar-refractivity contribution is -0.116. The molecule has 7 nitrogen and oxygen atoms in total. The van der Waals surface area contributed by atoms with E-state index in [9.17, 15) is 13.2 Å². The number of hydrogen-bond donors (Lipinski definition) is 1. The summed E-state index contributed by atoms with van der Waals surface area (Å²) in [7, 11) is -3.51. The Bertz CT molecular complexity index is 1000. The molecule has 0 radical (unpaired) electrons. The van der Waals surface area contributed by atoms with Gasteiger partial charge in [-0.15, -0.1) is 0 Å². The van der Waals surface area contributed by atoms with Crippen molar-refractivity contribution in [3.8, 4) is 11.5 Å². The predicted molar refractivity (Wildman–Crippen MR) is 113 cm³/mol. The number of ether oxygens (including phenoxy) is 2. The van der Waals surface area contributed by atoms with E-state index in [1.807, 2.05) is 32.0 Å². The molecular formula is C21H26N2O5S. The van der Waals surface area contributed by atoms with Crippen LogP contribution in [0.2, 0.25) is 0 Å². The molecule has 29 heavy (non-hydrogen) atoms. The summed E-state index contributed by atoms with van der Waals surface area (Å²) in [5.74, 6) is 0.978. The van der Waals surface area contributed by atoms with E-state index in [0.717, 1.165) is 23.1 Å². The van der Waals surface area contributed by atoms with Crippen LogP contribution in [0.5, 0.6) is 11.5 Å². The first kappa shape index (κ1) is 21.0. The van der Waals surface area contributed by atoms with Gasteiger partial charge in [0.05, 0.1) is 11.9 Å². The van der Waals surface area contributed by atoms with Gasteiger partial charge in [0.2, 0.25) is 15.9 Å². The molecule has 1 amide bonds. The summed E-state index contributed by atoms with van der Waals surface area (Å²) in [4.78, 5) is 12.3. The molecule has 0 atom stereocenters. The standard InChI is InChI=1S/C21H26N2O5S/c1-15-6-7-16(2)18(13-15)22-21(24)5-4-10-23(29(3,25)26)17-8-9-19-20(14-17)28-12-11-27-19/h6-9,13-14H,4-5,10-12H2,1-3H3,(H,22,24). The fourth-order valence-electron chi connectivity index (χ4n) is 3.14. The van der Waals surface area contributed by atoms with Crippen molar-refractivity contribution in [3.63, 3.8) is 0 Å². The summed E-state index contributed by atoms with van der Waals surface area (Å²) in [6.45, 7) is 4.99. The van der Waals surface area contributed by atoms with Gasteiger partial charge in [-0.05, 0) is 49.6 Å². The minimum atomic E-state index is -3.51. The zero-order valence-corrected chi connectivity index (χ0v) is 17.7. The number of sulfonamides is 1. The Balaban J connectivity index is 1.64. The first-order chi connectivity index (χ1) is 13.7. The molecule has 1 heterocycles. The second kappa shape index (κ2) is 8.73. The maximum atomic E-state index is 12.3. The summed E-state index contributed by atoms with van der Waals surface area (Å²) in [5.41, 5.74) is 3.32. The lowest BCUT2D eigenvalue weighted by Crippen LogP contribution is -2.31. The van der Waals surface area contributed by atoms with Crippen LogP contribution >= 0.6 is 0 Å². The first-order valence-corrected chi connectivity index (χ1v) is 11.3. The normalized spacial score (nSPS) is 13.1. The number of carbonyl (C=O) groups excluding carboxylic acids is 1. The number of anilines is 2. The molecule has 0 unspecified atom stereocenters. The molecule has 1 N–H and O–H groups in total. The Kier molecular flexibility index (Phi) is 6.32. The van der Waals surface area contributed by atoms with Crippen LogP contribution in [0.15, 0.2) is 36.4 Å². The van der Waals surface area contributed by atoms with Gasteiger partial charge in [-0.3, -0.25) is 9.10 Å². The Labute approximate surface area is 171 Å². The number of aryl methyl sites for hydroxylation is 2. The average molecular weight is 419 g/mol. The molecular weight excluding hydrogens is 392 g/mol. The fraction of sp³-hybridized carbons (Fsp3) is 0.381. The maximum Gasteiger partial charge on any atom is 0.232 e. The zero-order chi connectivity index (χ0) is 21.0. The zero-order valence-electron chi connectivity index (χ0n) is 16.9. The minimum absolute atomic E-state index is 0.144. The van der Waals surface area contributed by atoms with Crippen LogP contribution in [0, 0.1) is 13.8 Å². The predicted octanol–water partition coefficient (Wildman–Crippen LogP) is 3.26. The van der Waals surface area contributed by atoms with Crippen molar-refractivity contribution >= 4 is 27.3 Å². The van der Waals surface area contributed by atoms with Gasteiger partial charge in [-0.2, -0.15) is 0 Å². The summed E-state index contributed by atoms with van der Waals surface area (Å²) >= 11 is 0. The van der Waals surface area contributed by atoms with Crippen LogP contribution < -0.4 is 19.1 Å². The van der Waals surface area contributed by atoms with Crippen molar-refractivity contribution in [2.45, 2.75) is 26.7 Å². The van der Waals surface area contributed by atoms with Gasteiger partial charge in [0.15, 0.2) is 11.5 Å². The Morgan fingerprint density at radius 1 is 1.07 bits per heavy atom. The first-order valence-electron chi connectivity index (χ1n) is 9.48. The van der Waals surface area contributed by atoms with Crippen molar-refractivity contribution in [3.05, 3.63) is 47.5 Å². The Morgan fingerprint density at radius 2 is 1.79 bits per heavy atom. The van der Waals surface area contributed by atoms with E-state index in [4.69, 9.17) is 9.47 Å². The number of hydrogen-bond acceptors (Lipinski definition) is 5. The third-order valence-electron chi connectivity index (χ3n) is 4.65. The molecule has 0 spiro atoms. The lowest BCUT2D eigenvalue weighted by Gasteiger charge is -2.25. The van der Waals surface area contributed by atoms with Crippen LogP contribution in [0.1, 0.15) is 24.0 Å². The smallest absolute Gasteiger partial charge is 0.232 e. The molecule has 0 saturated carbocycles. The molecule has 8 heteroatoms. The molecule has 0 bridgehead atoms. The van der Waals surface area contributed by atoms with E-state index in [1.54, 1.807) is 18.2 Å². The highest BCUT2D eigenvalue weighted by molar-refractivity contribution is 7.92. The van der Waals surface area contributed by atoms with Crippen LogP contribution in [0.4, 0.5) is 11.4 Å². The number of rotatable bonds is 7. The number of nitrogens with one attached hydrogen (secondary N) is 1. The van der Waals surface area contributed by atoms with E-state index < -0.39 is 10.0 Å². The Hall–Kier alpha value is -2.74. The third kappa shape index (κ3) is 5.41. The van der Waals surface area contributed by atoms with Crippen molar-refractivity contribution in [1.82, 2.24) is 0 Å². The van der Waals surface area contributed by atoms with Crippen molar-refractivity contribution < 1.29 is 22.7 Å². The SMILES string of the molecule is Cc1ccc(C)c(NC(=O)CCCN(c2ccc3c(c2)OCCO3)S(C)(=O)=O)c1. The van der Waals surface area contributed by atoms with Crippen molar-refractivity contribution in [1.29, 1.82) is 0 Å². The molecule has 0 saturated heterocycles. The van der Waals surface area contributed by atoms with Gasteiger partial charge in [-0.1, -0.05) is 12.1 Å². The minimum Gasteiger partial charge on any atom is -0.486 e. The van der Waals surface area contributed by atoms with Gasteiger partial charge in [0, 0.05) is 24.7 Å². The van der Waals surface area contributed by atoms with E-state index in [-0.39, 0.29) is 18.9 Å². The number of benzene rings is 2. The van der Waals surface area contributed by atoms with Gasteiger partial charge >= 0.3 is 0 Å². The number of fused-ring (bicyclic) bond motifs is 1. The molecule has 2 aromatic carbocycles. The second-order valence-corrected chi connectivity index (χ2v) is 9.04. The van der Waals surface area contributed by atoms with Gasteiger partial charge < -0.3 is 14.8 Å².